The van der Waals surface area contributed by atoms with Gasteiger partial charge in [0.15, 0.2) is 11.5 Å². The van der Waals surface area contributed by atoms with E-state index in [4.69, 9.17) is 27.2 Å². The van der Waals surface area contributed by atoms with Gasteiger partial charge in [-0.1, -0.05) is 11.6 Å². The Bertz CT molecular complexity index is 448. The summed E-state index contributed by atoms with van der Waals surface area (Å²) in [6.07, 6.45) is 0.0144. The number of aliphatic carboxylic acids is 1. The third-order valence-corrected chi connectivity index (χ3v) is 2.76. The van der Waals surface area contributed by atoms with Gasteiger partial charge >= 0.3 is 5.97 Å². The highest BCUT2D eigenvalue weighted by molar-refractivity contribution is 6.32. The molecule has 0 amide bonds. The molecule has 0 saturated heterocycles. The van der Waals surface area contributed by atoms with Crippen molar-refractivity contribution in [1.82, 2.24) is 0 Å². The molecule has 94 valence electrons. The lowest BCUT2D eigenvalue weighted by molar-refractivity contribution is -0.138. The summed E-state index contributed by atoms with van der Waals surface area (Å²) < 4.78 is 4.94. The van der Waals surface area contributed by atoms with E-state index in [1.165, 1.54) is 7.11 Å². The Hall–Kier alpha value is -1.46. The lowest BCUT2D eigenvalue weighted by atomic mass is 10.00. The van der Waals surface area contributed by atoms with Gasteiger partial charge in [0.1, 0.15) is 6.04 Å². The molecule has 1 aromatic carbocycles. The Morgan fingerprint density at radius 2 is 2.24 bits per heavy atom. The number of aromatic hydroxyl groups is 1. The van der Waals surface area contributed by atoms with Gasteiger partial charge in [-0.2, -0.15) is 0 Å². The van der Waals surface area contributed by atoms with Crippen LogP contribution in [0.3, 0.4) is 0 Å². The zero-order chi connectivity index (χ0) is 13.2. The highest BCUT2D eigenvalue weighted by atomic mass is 35.5. The summed E-state index contributed by atoms with van der Waals surface area (Å²) in [5.41, 5.74) is 6.53. The fourth-order valence-electron chi connectivity index (χ4n) is 1.54. The SMILES string of the molecule is COc1c(Cl)cc(C)c(CC(N)C(=O)O)c1O. The van der Waals surface area contributed by atoms with E-state index < -0.39 is 12.0 Å². The predicted octanol–water partition coefficient (Wildman–Crippen LogP) is 1.32. The summed E-state index contributed by atoms with van der Waals surface area (Å²) in [5, 5.41) is 18.9. The van der Waals surface area contributed by atoms with Crippen LogP contribution in [0, 0.1) is 6.92 Å². The number of methoxy groups -OCH3 is 1. The second-order valence-electron chi connectivity index (χ2n) is 3.68. The Kier molecular flexibility index (Phi) is 4.20. The number of benzene rings is 1. The van der Waals surface area contributed by atoms with Crippen LogP contribution in [0.2, 0.25) is 5.02 Å². The maximum Gasteiger partial charge on any atom is 0.320 e. The topological polar surface area (TPSA) is 92.8 Å². The molecular weight excluding hydrogens is 246 g/mol. The highest BCUT2D eigenvalue weighted by Crippen LogP contribution is 2.39. The van der Waals surface area contributed by atoms with Crippen molar-refractivity contribution >= 4 is 17.6 Å². The fourth-order valence-corrected chi connectivity index (χ4v) is 1.87. The number of rotatable bonds is 4. The van der Waals surface area contributed by atoms with Crippen molar-refractivity contribution in [2.24, 2.45) is 5.73 Å². The monoisotopic (exact) mass is 259 g/mol. The average Bonchev–Trinajstić information content (AvgIpc) is 2.24. The first kappa shape index (κ1) is 13.6. The molecule has 0 aliphatic rings. The Balaban J connectivity index is 3.20. The van der Waals surface area contributed by atoms with Crippen LogP contribution in [0.1, 0.15) is 11.1 Å². The van der Waals surface area contributed by atoms with Crippen LogP contribution in [0.5, 0.6) is 11.5 Å². The van der Waals surface area contributed by atoms with Crippen LogP contribution in [0.15, 0.2) is 6.07 Å². The smallest absolute Gasteiger partial charge is 0.320 e. The molecule has 0 aliphatic carbocycles. The maximum atomic E-state index is 10.7. The first-order valence-corrected chi connectivity index (χ1v) is 5.29. The second kappa shape index (κ2) is 5.25. The van der Waals surface area contributed by atoms with Crippen LogP contribution in [-0.2, 0) is 11.2 Å². The van der Waals surface area contributed by atoms with E-state index in [0.29, 0.717) is 11.1 Å². The third-order valence-electron chi connectivity index (χ3n) is 2.48. The first-order valence-electron chi connectivity index (χ1n) is 4.91. The van der Waals surface area contributed by atoms with Crippen LogP contribution < -0.4 is 10.5 Å². The van der Waals surface area contributed by atoms with Crippen molar-refractivity contribution < 1.29 is 19.7 Å². The zero-order valence-electron chi connectivity index (χ0n) is 9.53. The van der Waals surface area contributed by atoms with E-state index in [9.17, 15) is 9.90 Å². The summed E-state index contributed by atoms with van der Waals surface area (Å²) in [7, 11) is 1.37. The van der Waals surface area contributed by atoms with E-state index in [-0.39, 0.29) is 22.9 Å². The number of carboxylic acid groups (broad SMARTS) is 1. The number of ether oxygens (including phenoxy) is 1. The van der Waals surface area contributed by atoms with Gasteiger partial charge in [0.2, 0.25) is 0 Å². The number of carboxylic acids is 1. The summed E-state index contributed by atoms with van der Waals surface area (Å²) in [4.78, 5) is 10.7. The molecule has 1 unspecified atom stereocenters. The first-order chi connectivity index (χ1) is 7.88. The Morgan fingerprint density at radius 1 is 1.65 bits per heavy atom. The Morgan fingerprint density at radius 3 is 2.71 bits per heavy atom. The molecule has 17 heavy (non-hydrogen) atoms. The lowest BCUT2D eigenvalue weighted by Crippen LogP contribution is -2.32. The van der Waals surface area contributed by atoms with Gasteiger partial charge in [0, 0.05) is 12.0 Å². The normalized spacial score (nSPS) is 12.2. The van der Waals surface area contributed by atoms with Gasteiger partial charge in [-0.05, 0) is 18.6 Å². The third kappa shape index (κ3) is 2.81. The quantitative estimate of drug-likeness (QED) is 0.758. The molecule has 4 N–H and O–H groups in total. The lowest BCUT2D eigenvalue weighted by Gasteiger charge is -2.15. The molecule has 0 saturated carbocycles. The van der Waals surface area contributed by atoms with Gasteiger partial charge in [-0.15, -0.1) is 0 Å². The molecule has 0 fully saturated rings. The van der Waals surface area contributed by atoms with Crippen molar-refractivity contribution in [3.8, 4) is 11.5 Å². The van der Waals surface area contributed by atoms with Crippen LogP contribution in [0.4, 0.5) is 0 Å². The minimum atomic E-state index is -1.13. The summed E-state index contributed by atoms with van der Waals surface area (Å²) in [6.45, 7) is 1.72. The van der Waals surface area contributed by atoms with E-state index in [1.54, 1.807) is 13.0 Å². The molecule has 1 atom stereocenters. The minimum Gasteiger partial charge on any atom is -0.504 e. The molecule has 5 nitrogen and oxygen atoms in total. The maximum absolute atomic E-state index is 10.7. The largest absolute Gasteiger partial charge is 0.504 e. The highest BCUT2D eigenvalue weighted by Gasteiger charge is 2.20. The van der Waals surface area contributed by atoms with Crippen LogP contribution >= 0.6 is 11.6 Å². The number of phenolic OH excluding ortho intramolecular Hbond substituents is 1. The molecule has 0 bridgehead atoms. The van der Waals surface area contributed by atoms with Crippen molar-refractivity contribution in [3.05, 3.63) is 22.2 Å². The van der Waals surface area contributed by atoms with Crippen molar-refractivity contribution in [2.75, 3.05) is 7.11 Å². The molecule has 0 aromatic heterocycles. The molecule has 0 spiro atoms. The molecule has 0 heterocycles. The van der Waals surface area contributed by atoms with Crippen molar-refractivity contribution in [2.45, 2.75) is 19.4 Å². The average molecular weight is 260 g/mol. The predicted molar refractivity (Wildman–Crippen MR) is 63.7 cm³/mol. The van der Waals surface area contributed by atoms with Gasteiger partial charge in [-0.3, -0.25) is 4.79 Å². The molecule has 0 radical (unpaired) electrons. The van der Waals surface area contributed by atoms with E-state index in [1.807, 2.05) is 0 Å². The Labute approximate surface area is 104 Å². The molecule has 1 rings (SSSR count). The van der Waals surface area contributed by atoms with Crippen LogP contribution in [0.25, 0.3) is 0 Å². The number of phenols is 1. The number of aryl methyl sites for hydroxylation is 1. The molecule has 0 aliphatic heterocycles. The van der Waals surface area contributed by atoms with Gasteiger partial charge in [0.25, 0.3) is 0 Å². The number of carbonyl (C=O) groups is 1. The second-order valence-corrected chi connectivity index (χ2v) is 4.09. The zero-order valence-corrected chi connectivity index (χ0v) is 10.3. The van der Waals surface area contributed by atoms with Gasteiger partial charge in [0.05, 0.1) is 12.1 Å². The number of hydrogen-bond donors (Lipinski definition) is 3. The summed E-state index contributed by atoms with van der Waals surface area (Å²) >= 11 is 5.87. The van der Waals surface area contributed by atoms with Gasteiger partial charge < -0.3 is 20.7 Å². The number of halogens is 1. The van der Waals surface area contributed by atoms with Crippen molar-refractivity contribution in [1.29, 1.82) is 0 Å². The standard InChI is InChI=1S/C11H14ClNO4/c1-5-3-7(12)10(17-2)9(14)6(5)4-8(13)11(15)16/h3,8,14H,4,13H2,1-2H3,(H,15,16). The van der Waals surface area contributed by atoms with E-state index in [0.717, 1.165) is 0 Å². The minimum absolute atomic E-state index is 0.0144. The van der Waals surface area contributed by atoms with Crippen molar-refractivity contribution in [3.63, 3.8) is 0 Å². The van der Waals surface area contributed by atoms with E-state index in [2.05, 4.69) is 0 Å². The van der Waals surface area contributed by atoms with Gasteiger partial charge in [-0.25, -0.2) is 0 Å². The molecule has 6 heteroatoms. The fraction of sp³-hybridized carbons (Fsp3) is 0.364. The van der Waals surface area contributed by atoms with Crippen LogP contribution in [-0.4, -0.2) is 29.3 Å². The number of nitrogens with two attached hydrogens (primary N) is 1. The molecular formula is C11H14ClNO4. The number of hydrogen-bond acceptors (Lipinski definition) is 4. The molecule has 1 aromatic rings. The van der Waals surface area contributed by atoms with E-state index >= 15 is 0 Å². The summed E-state index contributed by atoms with van der Waals surface area (Å²) in [6, 6.07) is 0.523. The summed E-state index contributed by atoms with van der Waals surface area (Å²) in [5.74, 6) is -1.16.